The van der Waals surface area contributed by atoms with Gasteiger partial charge in [0.2, 0.25) is 17.8 Å². The van der Waals surface area contributed by atoms with Crippen LogP contribution in [0.15, 0.2) is 0 Å². The second-order valence-electron chi connectivity index (χ2n) is 3.99. The van der Waals surface area contributed by atoms with E-state index in [4.69, 9.17) is 15.3 Å². The standard InChI is InChI=1S/C10H14O9/c1-10(4-13)9(16)18-5(2-11)7(14)17-6(3-12)8(15)19-10/h5-6,11-13H,2-4H2,1H3. The van der Waals surface area contributed by atoms with Crippen LogP contribution in [0.5, 0.6) is 0 Å². The second-order valence-corrected chi connectivity index (χ2v) is 3.99. The Morgan fingerprint density at radius 1 is 1.00 bits per heavy atom. The molecule has 108 valence electrons. The summed E-state index contributed by atoms with van der Waals surface area (Å²) in [6.45, 7) is -1.59. The highest BCUT2D eigenvalue weighted by atomic mass is 16.7. The molecule has 0 aliphatic carbocycles. The molecule has 1 aliphatic heterocycles. The van der Waals surface area contributed by atoms with Crippen molar-refractivity contribution < 1.29 is 43.9 Å². The van der Waals surface area contributed by atoms with E-state index >= 15 is 0 Å². The molecular weight excluding hydrogens is 264 g/mol. The lowest BCUT2D eigenvalue weighted by Crippen LogP contribution is -2.47. The average Bonchev–Trinajstić information content (AvgIpc) is 2.42. The maximum atomic E-state index is 11.7. The second kappa shape index (κ2) is 5.95. The fraction of sp³-hybridized carbons (Fsp3) is 0.700. The molecule has 9 nitrogen and oxygen atoms in total. The number of carbonyl (C=O) groups is 3. The largest absolute Gasteiger partial charge is 0.445 e. The van der Waals surface area contributed by atoms with Crippen molar-refractivity contribution in [3.8, 4) is 0 Å². The molecule has 0 radical (unpaired) electrons. The fourth-order valence-electron chi connectivity index (χ4n) is 1.22. The van der Waals surface area contributed by atoms with Crippen molar-refractivity contribution in [2.45, 2.75) is 24.7 Å². The third-order valence-corrected chi connectivity index (χ3v) is 2.42. The minimum Gasteiger partial charge on any atom is -0.445 e. The predicted molar refractivity (Wildman–Crippen MR) is 55.5 cm³/mol. The molecule has 0 aromatic rings. The monoisotopic (exact) mass is 278 g/mol. The van der Waals surface area contributed by atoms with E-state index in [2.05, 4.69) is 14.2 Å². The van der Waals surface area contributed by atoms with Gasteiger partial charge in [0, 0.05) is 0 Å². The number of aliphatic hydroxyl groups is 3. The summed E-state index contributed by atoms with van der Waals surface area (Å²) in [6, 6.07) is 0. The Bertz CT molecular complexity index is 377. The average molecular weight is 278 g/mol. The Hall–Kier alpha value is -1.71. The van der Waals surface area contributed by atoms with Gasteiger partial charge in [-0.2, -0.15) is 0 Å². The maximum absolute atomic E-state index is 11.7. The molecule has 0 saturated carbocycles. The number of cyclic esters (lactones) is 3. The SMILES string of the molecule is CC1(CO)OC(=O)C(CO)OC(=O)C(CO)OC1=O. The molecule has 9 heteroatoms. The van der Waals surface area contributed by atoms with Crippen molar-refractivity contribution in [1.82, 2.24) is 0 Å². The molecule has 1 fully saturated rings. The van der Waals surface area contributed by atoms with Crippen molar-refractivity contribution in [3.63, 3.8) is 0 Å². The van der Waals surface area contributed by atoms with Gasteiger partial charge in [-0.1, -0.05) is 0 Å². The maximum Gasteiger partial charge on any atom is 0.353 e. The van der Waals surface area contributed by atoms with Crippen LogP contribution in [0.1, 0.15) is 6.92 Å². The van der Waals surface area contributed by atoms with Crippen molar-refractivity contribution in [3.05, 3.63) is 0 Å². The van der Waals surface area contributed by atoms with Gasteiger partial charge in [-0.05, 0) is 6.92 Å². The zero-order chi connectivity index (χ0) is 14.6. The number of ether oxygens (including phenoxy) is 3. The van der Waals surface area contributed by atoms with Gasteiger partial charge in [0.25, 0.3) is 0 Å². The summed E-state index contributed by atoms with van der Waals surface area (Å²) in [4.78, 5) is 34.7. The molecule has 1 saturated heterocycles. The van der Waals surface area contributed by atoms with Crippen LogP contribution >= 0.6 is 0 Å². The first-order valence-corrected chi connectivity index (χ1v) is 5.35. The van der Waals surface area contributed by atoms with Crippen LogP contribution in [0.3, 0.4) is 0 Å². The first-order valence-electron chi connectivity index (χ1n) is 5.35. The summed E-state index contributed by atoms with van der Waals surface area (Å²) in [6.07, 6.45) is -3.33. The number of hydrogen-bond acceptors (Lipinski definition) is 9. The minimum atomic E-state index is -2.05. The third-order valence-electron chi connectivity index (χ3n) is 2.42. The van der Waals surface area contributed by atoms with E-state index in [1.165, 1.54) is 0 Å². The van der Waals surface area contributed by atoms with Crippen LogP contribution in [0, 0.1) is 0 Å². The van der Waals surface area contributed by atoms with Gasteiger partial charge in [0.05, 0.1) is 19.8 Å². The molecule has 0 aromatic carbocycles. The summed E-state index contributed by atoms with van der Waals surface area (Å²) in [7, 11) is 0. The molecule has 1 aliphatic rings. The Kier molecular flexibility index (Phi) is 4.81. The lowest BCUT2D eigenvalue weighted by Gasteiger charge is -2.25. The van der Waals surface area contributed by atoms with Gasteiger partial charge in [0.15, 0.2) is 0 Å². The Morgan fingerprint density at radius 2 is 1.53 bits per heavy atom. The van der Waals surface area contributed by atoms with Crippen molar-refractivity contribution >= 4 is 17.9 Å². The van der Waals surface area contributed by atoms with Crippen molar-refractivity contribution in [1.29, 1.82) is 0 Å². The van der Waals surface area contributed by atoms with E-state index in [9.17, 15) is 14.4 Å². The predicted octanol–water partition coefficient (Wildman–Crippen LogP) is -2.90. The molecule has 19 heavy (non-hydrogen) atoms. The van der Waals surface area contributed by atoms with E-state index in [1.54, 1.807) is 0 Å². The number of carbonyl (C=O) groups excluding carboxylic acids is 3. The van der Waals surface area contributed by atoms with E-state index < -0.39 is 55.5 Å². The van der Waals surface area contributed by atoms with Gasteiger partial charge in [-0.3, -0.25) is 0 Å². The number of esters is 3. The van der Waals surface area contributed by atoms with Gasteiger partial charge in [-0.25, -0.2) is 14.4 Å². The number of rotatable bonds is 3. The van der Waals surface area contributed by atoms with Crippen LogP contribution in [0.25, 0.3) is 0 Å². The molecular formula is C10H14O9. The van der Waals surface area contributed by atoms with E-state index in [-0.39, 0.29) is 0 Å². The number of aliphatic hydroxyl groups excluding tert-OH is 3. The molecule has 3 unspecified atom stereocenters. The lowest BCUT2D eigenvalue weighted by molar-refractivity contribution is -0.189. The first-order chi connectivity index (χ1) is 8.87. The fourth-order valence-corrected chi connectivity index (χ4v) is 1.22. The summed E-state index contributed by atoms with van der Waals surface area (Å²) >= 11 is 0. The van der Waals surface area contributed by atoms with Crippen LogP contribution in [-0.4, -0.2) is 70.9 Å². The van der Waals surface area contributed by atoms with Crippen LogP contribution in [0.4, 0.5) is 0 Å². The number of hydrogen-bond donors (Lipinski definition) is 3. The summed E-state index contributed by atoms with van der Waals surface area (Å²) in [5.41, 5.74) is -2.05. The first kappa shape index (κ1) is 15.3. The molecule has 0 bridgehead atoms. The molecule has 3 N–H and O–H groups in total. The smallest absolute Gasteiger partial charge is 0.353 e. The zero-order valence-electron chi connectivity index (χ0n) is 10.1. The molecule has 1 rings (SSSR count). The molecule has 0 amide bonds. The van der Waals surface area contributed by atoms with E-state index in [0.29, 0.717) is 0 Å². The van der Waals surface area contributed by atoms with E-state index in [1.807, 2.05) is 0 Å². The third kappa shape index (κ3) is 3.19. The zero-order valence-corrected chi connectivity index (χ0v) is 10.1. The normalized spacial score (nSPS) is 32.5. The molecule has 0 spiro atoms. The Morgan fingerprint density at radius 3 is 2.00 bits per heavy atom. The van der Waals surface area contributed by atoms with Gasteiger partial charge in [-0.15, -0.1) is 0 Å². The highest BCUT2D eigenvalue weighted by Gasteiger charge is 2.45. The van der Waals surface area contributed by atoms with Gasteiger partial charge in [0.1, 0.15) is 0 Å². The molecule has 0 aromatic heterocycles. The summed E-state index contributed by atoms with van der Waals surface area (Å²) in [5, 5.41) is 27.0. The summed E-state index contributed by atoms with van der Waals surface area (Å²) in [5.74, 6) is -3.62. The Labute approximate surface area is 107 Å². The highest BCUT2D eigenvalue weighted by molar-refractivity contribution is 5.89. The summed E-state index contributed by atoms with van der Waals surface area (Å²) < 4.78 is 13.8. The Balaban J connectivity index is 3.10. The van der Waals surface area contributed by atoms with Gasteiger partial charge >= 0.3 is 17.9 Å². The van der Waals surface area contributed by atoms with Crippen LogP contribution in [0.2, 0.25) is 0 Å². The highest BCUT2D eigenvalue weighted by Crippen LogP contribution is 2.18. The lowest BCUT2D eigenvalue weighted by atomic mass is 10.1. The van der Waals surface area contributed by atoms with Crippen LogP contribution in [-0.2, 0) is 28.6 Å². The minimum absolute atomic E-state index is 0.877. The molecule has 3 atom stereocenters. The van der Waals surface area contributed by atoms with Gasteiger partial charge < -0.3 is 29.5 Å². The molecule has 1 heterocycles. The van der Waals surface area contributed by atoms with Crippen molar-refractivity contribution in [2.75, 3.05) is 19.8 Å². The quantitative estimate of drug-likeness (QED) is 0.366. The topological polar surface area (TPSA) is 140 Å². The van der Waals surface area contributed by atoms with Crippen molar-refractivity contribution in [2.24, 2.45) is 0 Å². The van der Waals surface area contributed by atoms with Crippen LogP contribution < -0.4 is 0 Å². The van der Waals surface area contributed by atoms with E-state index in [0.717, 1.165) is 6.92 Å².